The lowest BCUT2D eigenvalue weighted by Gasteiger charge is -2.44. The van der Waals surface area contributed by atoms with Crippen LogP contribution in [0.3, 0.4) is 0 Å². The average Bonchev–Trinajstić information content (AvgIpc) is 2.23. The molecule has 1 N–H and O–H groups in total. The van der Waals surface area contributed by atoms with Gasteiger partial charge in [-0.25, -0.2) is 0 Å². The molecule has 0 radical (unpaired) electrons. The highest BCUT2D eigenvalue weighted by Crippen LogP contribution is 2.39. The zero-order valence-corrected chi connectivity index (χ0v) is 11.3. The molecule has 1 unspecified atom stereocenters. The number of hydrogen-bond donors (Lipinski definition) is 1. The maximum absolute atomic E-state index is 10.2. The normalized spacial score (nSPS) is 19.8. The number of rotatable bonds is 4. The van der Waals surface area contributed by atoms with Gasteiger partial charge in [-0.1, -0.05) is 29.3 Å². The van der Waals surface area contributed by atoms with E-state index in [1.165, 1.54) is 0 Å². The van der Waals surface area contributed by atoms with E-state index in [9.17, 15) is 5.11 Å². The minimum Gasteiger partial charge on any atom is -0.390 e. The fourth-order valence-electron chi connectivity index (χ4n) is 2.27. The van der Waals surface area contributed by atoms with E-state index >= 15 is 0 Å². The Balaban J connectivity index is 2.07. The molecular weight excluding hydrogens is 259 g/mol. The third-order valence-corrected chi connectivity index (χ3v) is 4.37. The molecule has 17 heavy (non-hydrogen) atoms. The molecule has 0 saturated heterocycles. The summed E-state index contributed by atoms with van der Waals surface area (Å²) in [5.41, 5.74) is 0.627. The fraction of sp³-hybridized carbons (Fsp3) is 0.538. The summed E-state index contributed by atoms with van der Waals surface area (Å²) in [5.74, 6) is 0. The van der Waals surface area contributed by atoms with Crippen LogP contribution in [0.4, 0.5) is 0 Å². The quantitative estimate of drug-likeness (QED) is 0.911. The first-order valence-electron chi connectivity index (χ1n) is 5.74. The Morgan fingerprint density at radius 2 is 2.06 bits per heavy atom. The van der Waals surface area contributed by atoms with Gasteiger partial charge in [0.2, 0.25) is 0 Å². The van der Waals surface area contributed by atoms with Crippen molar-refractivity contribution in [3.05, 3.63) is 33.8 Å². The van der Waals surface area contributed by atoms with E-state index in [1.807, 2.05) is 6.07 Å². The molecule has 0 heterocycles. The van der Waals surface area contributed by atoms with E-state index in [-0.39, 0.29) is 5.60 Å². The Bertz CT molecular complexity index is 397. The molecule has 1 fully saturated rings. The average molecular weight is 275 g/mol. The molecule has 1 atom stereocenters. The molecule has 1 aromatic carbocycles. The minimum atomic E-state index is -0.488. The van der Waals surface area contributed by atoms with Gasteiger partial charge in [0, 0.05) is 13.5 Å². The van der Waals surface area contributed by atoms with Crippen molar-refractivity contribution in [3.8, 4) is 0 Å². The zero-order chi connectivity index (χ0) is 12.5. The maximum atomic E-state index is 10.2. The first-order chi connectivity index (χ1) is 8.07. The molecule has 1 aliphatic rings. The number of benzene rings is 1. The number of methoxy groups -OCH3 is 1. The van der Waals surface area contributed by atoms with Gasteiger partial charge in [-0.3, -0.25) is 0 Å². The van der Waals surface area contributed by atoms with E-state index in [4.69, 9.17) is 27.9 Å². The van der Waals surface area contributed by atoms with Crippen LogP contribution in [0.15, 0.2) is 18.2 Å². The fourth-order valence-corrected chi connectivity index (χ4v) is 2.60. The Hall–Kier alpha value is -0.280. The molecular formula is C13H16Cl2O2. The SMILES string of the molecule is COC1(C(O)Cc2ccc(Cl)c(Cl)c2)CCC1. The van der Waals surface area contributed by atoms with Gasteiger partial charge < -0.3 is 9.84 Å². The van der Waals surface area contributed by atoms with Crippen LogP contribution in [0.25, 0.3) is 0 Å². The van der Waals surface area contributed by atoms with Crippen LogP contribution < -0.4 is 0 Å². The number of aliphatic hydroxyl groups is 1. The topological polar surface area (TPSA) is 29.5 Å². The molecule has 1 saturated carbocycles. The van der Waals surface area contributed by atoms with Gasteiger partial charge in [0.25, 0.3) is 0 Å². The van der Waals surface area contributed by atoms with E-state index in [1.54, 1.807) is 19.2 Å². The third-order valence-electron chi connectivity index (χ3n) is 3.63. The number of halogens is 2. The van der Waals surface area contributed by atoms with Gasteiger partial charge in [-0.2, -0.15) is 0 Å². The molecule has 0 aromatic heterocycles. The molecule has 1 aliphatic carbocycles. The summed E-state index contributed by atoms with van der Waals surface area (Å²) in [6.45, 7) is 0. The molecule has 2 rings (SSSR count). The summed E-state index contributed by atoms with van der Waals surface area (Å²) in [7, 11) is 1.66. The van der Waals surface area contributed by atoms with Crippen LogP contribution in [-0.4, -0.2) is 23.9 Å². The van der Waals surface area contributed by atoms with Crippen LogP contribution >= 0.6 is 23.2 Å². The van der Waals surface area contributed by atoms with Crippen LogP contribution in [0.1, 0.15) is 24.8 Å². The predicted molar refractivity (Wildman–Crippen MR) is 69.8 cm³/mol. The minimum absolute atomic E-state index is 0.355. The second kappa shape index (κ2) is 5.15. The van der Waals surface area contributed by atoms with Crippen molar-refractivity contribution in [2.24, 2.45) is 0 Å². The summed E-state index contributed by atoms with van der Waals surface area (Å²) < 4.78 is 5.45. The van der Waals surface area contributed by atoms with Gasteiger partial charge >= 0.3 is 0 Å². The van der Waals surface area contributed by atoms with Crippen LogP contribution in [0.5, 0.6) is 0 Å². The maximum Gasteiger partial charge on any atom is 0.0939 e. The lowest BCUT2D eigenvalue weighted by atomic mass is 9.74. The molecule has 0 amide bonds. The summed E-state index contributed by atoms with van der Waals surface area (Å²) >= 11 is 11.8. The van der Waals surface area contributed by atoms with Gasteiger partial charge in [-0.05, 0) is 37.0 Å². The summed E-state index contributed by atoms with van der Waals surface area (Å²) in [6.07, 6.45) is 3.02. The molecule has 2 nitrogen and oxygen atoms in total. The van der Waals surface area contributed by atoms with Crippen molar-refractivity contribution in [2.75, 3.05) is 7.11 Å². The second-order valence-corrected chi connectivity index (χ2v) is 5.41. The Kier molecular flexibility index (Phi) is 3.99. The first-order valence-corrected chi connectivity index (χ1v) is 6.50. The predicted octanol–water partition coefficient (Wildman–Crippen LogP) is 3.47. The Morgan fingerprint density at radius 1 is 1.35 bits per heavy atom. The first kappa shape index (κ1) is 13.2. The van der Waals surface area contributed by atoms with Gasteiger partial charge in [0.05, 0.1) is 21.8 Å². The van der Waals surface area contributed by atoms with Crippen LogP contribution in [0.2, 0.25) is 10.0 Å². The van der Waals surface area contributed by atoms with E-state index in [0.717, 1.165) is 24.8 Å². The van der Waals surface area contributed by atoms with Crippen LogP contribution in [-0.2, 0) is 11.2 Å². The van der Waals surface area contributed by atoms with Crippen molar-refractivity contribution < 1.29 is 9.84 Å². The molecule has 94 valence electrons. The van der Waals surface area contributed by atoms with Crippen molar-refractivity contribution in [3.63, 3.8) is 0 Å². The number of aliphatic hydroxyl groups excluding tert-OH is 1. The molecule has 4 heteroatoms. The monoisotopic (exact) mass is 274 g/mol. The highest BCUT2D eigenvalue weighted by Gasteiger charge is 2.43. The molecule has 0 aliphatic heterocycles. The van der Waals surface area contributed by atoms with E-state index in [0.29, 0.717) is 16.5 Å². The summed E-state index contributed by atoms with van der Waals surface area (Å²) in [5, 5.41) is 11.3. The lowest BCUT2D eigenvalue weighted by Crippen LogP contribution is -2.50. The van der Waals surface area contributed by atoms with Crippen LogP contribution in [0, 0.1) is 0 Å². The summed E-state index contributed by atoms with van der Waals surface area (Å²) in [4.78, 5) is 0. The molecule has 1 aromatic rings. The largest absolute Gasteiger partial charge is 0.390 e. The zero-order valence-electron chi connectivity index (χ0n) is 9.75. The highest BCUT2D eigenvalue weighted by atomic mass is 35.5. The smallest absolute Gasteiger partial charge is 0.0939 e. The van der Waals surface area contributed by atoms with Crippen molar-refractivity contribution in [1.82, 2.24) is 0 Å². The highest BCUT2D eigenvalue weighted by molar-refractivity contribution is 6.42. The van der Waals surface area contributed by atoms with Gasteiger partial charge in [-0.15, -0.1) is 0 Å². The van der Waals surface area contributed by atoms with E-state index in [2.05, 4.69) is 0 Å². The van der Waals surface area contributed by atoms with Crippen molar-refractivity contribution >= 4 is 23.2 Å². The third kappa shape index (κ3) is 2.60. The molecule has 0 bridgehead atoms. The van der Waals surface area contributed by atoms with Crippen molar-refractivity contribution in [1.29, 1.82) is 0 Å². The number of hydrogen-bond acceptors (Lipinski definition) is 2. The Morgan fingerprint density at radius 3 is 2.53 bits per heavy atom. The van der Waals surface area contributed by atoms with Gasteiger partial charge in [0.15, 0.2) is 0 Å². The summed E-state index contributed by atoms with van der Waals surface area (Å²) in [6, 6.07) is 5.45. The lowest BCUT2D eigenvalue weighted by molar-refractivity contribution is -0.148. The number of ether oxygens (including phenoxy) is 1. The second-order valence-electron chi connectivity index (χ2n) is 4.59. The Labute approximate surface area is 111 Å². The van der Waals surface area contributed by atoms with E-state index < -0.39 is 6.10 Å². The molecule has 0 spiro atoms. The van der Waals surface area contributed by atoms with Gasteiger partial charge in [0.1, 0.15) is 0 Å². The standard InChI is InChI=1S/C13H16Cl2O2/c1-17-13(5-2-6-13)12(16)8-9-3-4-10(14)11(15)7-9/h3-4,7,12,16H,2,5-6,8H2,1H3. The van der Waals surface area contributed by atoms with Crippen molar-refractivity contribution in [2.45, 2.75) is 37.4 Å².